The van der Waals surface area contributed by atoms with Gasteiger partial charge in [0.25, 0.3) is 0 Å². The molecule has 5 rings (SSSR count). The highest BCUT2D eigenvalue weighted by Crippen LogP contribution is 2.56. The number of urea groups is 1. The molecule has 15 heteroatoms. The number of halogens is 8. The number of piperidine rings is 1. The van der Waals surface area contributed by atoms with Gasteiger partial charge >= 0.3 is 30.0 Å². The first-order valence-corrected chi connectivity index (χ1v) is 15.7. The van der Waals surface area contributed by atoms with E-state index in [0.717, 1.165) is 9.64 Å². The van der Waals surface area contributed by atoms with Gasteiger partial charge in [0, 0.05) is 40.8 Å². The fourth-order valence-electron chi connectivity index (χ4n) is 6.62. The van der Waals surface area contributed by atoms with Gasteiger partial charge in [-0.15, -0.1) is 0 Å². The van der Waals surface area contributed by atoms with Crippen molar-refractivity contribution < 1.29 is 50.0 Å². The molecule has 1 aliphatic carbocycles. The van der Waals surface area contributed by atoms with Gasteiger partial charge in [-0.1, -0.05) is 18.2 Å². The molecule has 0 saturated carbocycles. The topological polar surface area (TPSA) is 83.9 Å². The van der Waals surface area contributed by atoms with Gasteiger partial charge in [-0.2, -0.15) is 26.3 Å². The highest BCUT2D eigenvalue weighted by Gasteiger charge is 2.74. The van der Waals surface area contributed by atoms with E-state index >= 15 is 0 Å². The maximum Gasteiger partial charge on any atom is 0.435 e. The predicted molar refractivity (Wildman–Crippen MR) is 149 cm³/mol. The molecule has 0 bridgehead atoms. The lowest BCUT2D eigenvalue weighted by Gasteiger charge is -2.44. The number of rotatable bonds is 4. The van der Waals surface area contributed by atoms with E-state index in [1.54, 1.807) is 24.3 Å². The number of nitrogens with zero attached hydrogens (tertiary/aromatic N) is 2. The van der Waals surface area contributed by atoms with E-state index in [0.29, 0.717) is 36.4 Å². The number of aliphatic carboxylic acids is 1. The summed E-state index contributed by atoms with van der Waals surface area (Å²) in [5, 5.41) is 9.48. The summed E-state index contributed by atoms with van der Waals surface area (Å²) in [4.78, 5) is 28.6. The average molecular weight is 746 g/mol. The molecule has 4 atom stereocenters. The summed E-state index contributed by atoms with van der Waals surface area (Å²) < 4.78 is 110. The van der Waals surface area contributed by atoms with Crippen LogP contribution in [0.1, 0.15) is 42.4 Å². The van der Waals surface area contributed by atoms with Gasteiger partial charge in [0.05, 0.1) is 12.0 Å². The molecule has 6 nitrogen and oxygen atoms in total. The Morgan fingerprint density at radius 1 is 0.977 bits per heavy atom. The molecule has 1 N–H and O–H groups in total. The Balaban J connectivity index is 1.60. The first-order chi connectivity index (χ1) is 20.0. The normalized spacial score (nSPS) is 25.2. The number of hydrogen-bond acceptors (Lipinski definition) is 3. The minimum atomic E-state index is -6.28. The number of alkyl halides is 7. The van der Waals surface area contributed by atoms with Crippen LogP contribution in [-0.4, -0.2) is 69.5 Å². The van der Waals surface area contributed by atoms with Crippen molar-refractivity contribution in [1.82, 2.24) is 9.80 Å². The van der Waals surface area contributed by atoms with E-state index in [1.165, 1.54) is 9.80 Å². The quantitative estimate of drug-likeness (QED) is 0.220. The third kappa shape index (κ3) is 5.26. The molecule has 2 amide bonds. The minimum absolute atomic E-state index is 0.00125. The summed E-state index contributed by atoms with van der Waals surface area (Å²) >= 11 is 0.120. The monoisotopic (exact) mass is 746 g/mol. The fraction of sp³-hybridized carbons (Fsp3) is 0.500. The molecular formula is C28H26F7IN2O4S. The minimum Gasteiger partial charge on any atom is -0.611 e. The summed E-state index contributed by atoms with van der Waals surface area (Å²) in [5.74, 6) is -1.78. The van der Waals surface area contributed by atoms with Gasteiger partial charge in [-0.25, -0.2) is 9.18 Å². The number of fused-ring (bicyclic) bond motifs is 3. The summed E-state index contributed by atoms with van der Waals surface area (Å²) in [6.45, 7) is 0.373. The Morgan fingerprint density at radius 2 is 1.63 bits per heavy atom. The van der Waals surface area contributed by atoms with E-state index in [1.807, 2.05) is 0 Å². The molecule has 1 unspecified atom stereocenters. The van der Waals surface area contributed by atoms with Gasteiger partial charge in [0.2, 0.25) is 0 Å². The smallest absolute Gasteiger partial charge is 0.435 e. The Labute approximate surface area is 258 Å². The van der Waals surface area contributed by atoms with Gasteiger partial charge in [-0.3, -0.25) is 4.79 Å². The van der Waals surface area contributed by atoms with Crippen molar-refractivity contribution in [3.63, 3.8) is 0 Å². The molecule has 0 radical (unpaired) electrons. The number of amides is 2. The maximum atomic E-state index is 15.0. The molecule has 2 heterocycles. The zero-order chi connectivity index (χ0) is 31.5. The van der Waals surface area contributed by atoms with E-state index < -0.39 is 63.5 Å². The Hall–Kier alpha value is -2.27. The highest BCUT2D eigenvalue weighted by molar-refractivity contribution is 14.1. The van der Waals surface area contributed by atoms with Crippen molar-refractivity contribution >= 4 is 45.8 Å². The third-order valence-electron chi connectivity index (χ3n) is 8.71. The van der Waals surface area contributed by atoms with Crippen LogP contribution in [-0.2, 0) is 32.8 Å². The van der Waals surface area contributed by atoms with Crippen molar-refractivity contribution in [2.24, 2.45) is 5.92 Å². The highest BCUT2D eigenvalue weighted by atomic mass is 127. The second kappa shape index (κ2) is 11.3. The Morgan fingerprint density at radius 3 is 2.23 bits per heavy atom. The zero-order valence-electron chi connectivity index (χ0n) is 22.4. The molecule has 2 aliphatic heterocycles. The summed E-state index contributed by atoms with van der Waals surface area (Å²) in [6, 6.07) is 7.40. The van der Waals surface area contributed by atoms with E-state index in [4.69, 9.17) is 0 Å². The number of carboxylic acid groups (broad SMARTS) is 1. The molecule has 2 aromatic rings. The Bertz CT molecular complexity index is 1390. The van der Waals surface area contributed by atoms with Crippen LogP contribution in [0.2, 0.25) is 0 Å². The molecule has 0 aromatic heterocycles. The van der Waals surface area contributed by atoms with Gasteiger partial charge in [-0.05, 0) is 89.3 Å². The van der Waals surface area contributed by atoms with Crippen LogP contribution in [0, 0.1) is 9.49 Å². The number of carbonyl (C=O) groups is 2. The van der Waals surface area contributed by atoms with E-state index in [9.17, 15) is 50.0 Å². The van der Waals surface area contributed by atoms with E-state index in [-0.39, 0.29) is 43.5 Å². The first-order valence-electron chi connectivity index (χ1n) is 13.4. The van der Waals surface area contributed by atoms with Gasteiger partial charge in [0.1, 0.15) is 0 Å². The standard InChI is InChI=1S/C28H26F7IN2O4S/c29-26(27(30,31)32,28(33,34)35)18-4-9-21-16(14-18)3-10-22-25(21,43(42)20-7-5-19(36)6-8-20)11-13-38(22)24(41)37-12-1-2-17(15-37)23(39)40/h4-9,14,17,22H,1-3,10-13,15H2,(H,39,40)/t17-,22+,25+,43?/m0/s1. The zero-order valence-corrected chi connectivity index (χ0v) is 25.3. The lowest BCUT2D eigenvalue weighted by atomic mass is 9.77. The van der Waals surface area contributed by atoms with Crippen molar-refractivity contribution in [1.29, 1.82) is 0 Å². The van der Waals surface area contributed by atoms with Gasteiger partial charge in [0.15, 0.2) is 9.64 Å². The third-order valence-corrected chi connectivity index (χ3v) is 11.5. The molecule has 2 aromatic carbocycles. The summed E-state index contributed by atoms with van der Waals surface area (Å²) in [7, 11) is 0. The lowest BCUT2D eigenvalue weighted by Crippen LogP contribution is -2.56. The number of hydrogen-bond donors (Lipinski definition) is 1. The average Bonchev–Trinajstić information content (AvgIpc) is 3.36. The molecule has 234 valence electrons. The lowest BCUT2D eigenvalue weighted by molar-refractivity contribution is -0.348. The number of carbonyl (C=O) groups excluding carboxylic acids is 1. The van der Waals surface area contributed by atoms with Crippen LogP contribution in [0.5, 0.6) is 0 Å². The van der Waals surface area contributed by atoms with Crippen molar-refractivity contribution in [3.05, 3.63) is 62.7 Å². The van der Waals surface area contributed by atoms with Gasteiger partial charge < -0.3 is 19.5 Å². The molecule has 43 heavy (non-hydrogen) atoms. The molecule has 2 saturated heterocycles. The van der Waals surface area contributed by atoms with Crippen LogP contribution >= 0.6 is 22.6 Å². The Kier molecular flexibility index (Phi) is 8.42. The van der Waals surface area contributed by atoms with Crippen LogP contribution in [0.15, 0.2) is 47.4 Å². The van der Waals surface area contributed by atoms with Crippen molar-refractivity contribution in [2.75, 3.05) is 19.6 Å². The second-order valence-corrected chi connectivity index (χ2v) is 14.0. The summed E-state index contributed by atoms with van der Waals surface area (Å²) in [6.07, 6.45) is -11.7. The van der Waals surface area contributed by atoms with Crippen LogP contribution in [0.3, 0.4) is 0 Å². The first kappa shape index (κ1) is 32.1. The van der Waals surface area contributed by atoms with Crippen LogP contribution in [0.4, 0.5) is 35.5 Å². The van der Waals surface area contributed by atoms with Crippen molar-refractivity contribution in [3.8, 4) is 0 Å². The molecule has 0 spiro atoms. The van der Waals surface area contributed by atoms with E-state index in [2.05, 4.69) is 22.6 Å². The number of benzene rings is 2. The van der Waals surface area contributed by atoms with Crippen molar-refractivity contribution in [2.45, 2.75) is 65.8 Å². The van der Waals surface area contributed by atoms with Crippen LogP contribution in [0.25, 0.3) is 0 Å². The molecule has 2 fully saturated rings. The SMILES string of the molecule is O=C(O)[C@H]1CCCN(C(=O)N2CC[C@@]3([S+]([O-])c4ccc(I)cc4)c4ccc(C(F)(C(F)(F)F)C(F)(F)F)cc4CC[C@@H]23)C1. The predicted octanol–water partition coefficient (Wildman–Crippen LogP) is 6.52. The number of carboxylic acids is 1. The summed E-state index contributed by atoms with van der Waals surface area (Å²) in [5.41, 5.74) is -7.02. The molecule has 3 aliphatic rings. The maximum absolute atomic E-state index is 15.0. The van der Waals surface area contributed by atoms with Crippen LogP contribution < -0.4 is 0 Å². The second-order valence-electron chi connectivity index (χ2n) is 11.0. The molecular weight excluding hydrogens is 720 g/mol. The number of likely N-dealkylation sites (tertiary alicyclic amines) is 2. The fourth-order valence-corrected chi connectivity index (χ4v) is 8.95. The number of aryl methyl sites for hydroxylation is 1. The largest absolute Gasteiger partial charge is 0.611 e.